The molecule has 4 aromatic rings. The number of nitrogens with one attached hydrogen (secondary N) is 1. The second-order valence-electron chi connectivity index (χ2n) is 7.97. The van der Waals surface area contributed by atoms with E-state index >= 15 is 0 Å². The Hall–Kier alpha value is -3.25. The van der Waals surface area contributed by atoms with Crippen molar-refractivity contribution >= 4 is 38.4 Å². The average Bonchev–Trinajstić information content (AvgIpc) is 3.48. The molecule has 1 heterocycles. The van der Waals surface area contributed by atoms with Crippen molar-refractivity contribution in [2.24, 2.45) is 16.1 Å². The van der Waals surface area contributed by atoms with Gasteiger partial charge in [-0.25, -0.2) is 0 Å². The summed E-state index contributed by atoms with van der Waals surface area (Å²) in [6.45, 7) is 1.96. The van der Waals surface area contributed by atoms with Gasteiger partial charge in [-0.1, -0.05) is 76.6 Å². The van der Waals surface area contributed by atoms with Crippen molar-refractivity contribution in [1.82, 2.24) is 4.98 Å². The van der Waals surface area contributed by atoms with Crippen molar-refractivity contribution in [3.05, 3.63) is 94.0 Å². The van der Waals surface area contributed by atoms with Crippen molar-refractivity contribution in [3.8, 4) is 5.88 Å². The summed E-state index contributed by atoms with van der Waals surface area (Å²) in [6, 6.07) is 23.9. The molecule has 1 aliphatic rings. The number of hydrogen-bond donors (Lipinski definition) is 2. The number of carbonyl (C=O) groups excluding carboxylic acids is 1. The molecule has 0 aliphatic heterocycles. The number of aromatic nitrogens is 1. The van der Waals surface area contributed by atoms with Gasteiger partial charge in [-0.15, -0.1) is 10.2 Å². The summed E-state index contributed by atoms with van der Waals surface area (Å²) in [5, 5.41) is 19.2. The number of rotatable bonds is 4. The zero-order valence-electron chi connectivity index (χ0n) is 16.8. The average molecular weight is 474 g/mol. The van der Waals surface area contributed by atoms with Crippen LogP contribution in [-0.4, -0.2) is 16.0 Å². The SMILES string of the molecule is Cc1cc2c(N=NC(=O)C3CC3(c3ccccc3)c3ccccc3)c(O)[nH]c2cc1Br. The maximum atomic E-state index is 13.1. The number of amides is 1. The largest absolute Gasteiger partial charge is 0.493 e. The normalized spacial score (nSPS) is 17.3. The Bertz CT molecular complexity index is 1270. The number of fused-ring (bicyclic) bond motifs is 1. The van der Waals surface area contributed by atoms with Gasteiger partial charge in [-0.3, -0.25) is 4.79 Å². The third-order valence-corrected chi connectivity index (χ3v) is 6.97. The van der Waals surface area contributed by atoms with E-state index in [1.807, 2.05) is 55.5 Å². The van der Waals surface area contributed by atoms with Crippen LogP contribution in [0.3, 0.4) is 0 Å². The highest BCUT2D eigenvalue weighted by atomic mass is 79.9. The van der Waals surface area contributed by atoms with E-state index < -0.39 is 0 Å². The van der Waals surface area contributed by atoms with Crippen LogP contribution in [0.15, 0.2) is 87.5 Å². The Morgan fingerprint density at radius 1 is 1.06 bits per heavy atom. The van der Waals surface area contributed by atoms with Crippen LogP contribution in [0.5, 0.6) is 5.88 Å². The fraction of sp³-hybridized carbons (Fsp3) is 0.160. The minimum atomic E-state index is -0.387. The van der Waals surface area contributed by atoms with Crippen molar-refractivity contribution in [2.75, 3.05) is 0 Å². The van der Waals surface area contributed by atoms with E-state index in [0.717, 1.165) is 32.1 Å². The van der Waals surface area contributed by atoms with Gasteiger partial charge in [0.25, 0.3) is 5.91 Å². The van der Waals surface area contributed by atoms with Crippen LogP contribution in [0.2, 0.25) is 0 Å². The van der Waals surface area contributed by atoms with E-state index in [4.69, 9.17) is 0 Å². The molecule has 0 radical (unpaired) electrons. The van der Waals surface area contributed by atoms with E-state index in [2.05, 4.69) is 55.4 Å². The molecular formula is C25H20BrN3O2. The molecule has 3 aromatic carbocycles. The molecule has 1 aromatic heterocycles. The summed E-state index contributed by atoms with van der Waals surface area (Å²) in [6.07, 6.45) is 0.685. The summed E-state index contributed by atoms with van der Waals surface area (Å²) >= 11 is 3.49. The first-order valence-electron chi connectivity index (χ1n) is 10.1. The van der Waals surface area contributed by atoms with E-state index in [1.54, 1.807) is 0 Å². The molecule has 31 heavy (non-hydrogen) atoms. The summed E-state index contributed by atoms with van der Waals surface area (Å²) in [5.41, 5.74) is 3.83. The van der Waals surface area contributed by atoms with Crippen molar-refractivity contribution in [3.63, 3.8) is 0 Å². The first-order chi connectivity index (χ1) is 15.0. The number of halogens is 1. The molecule has 5 rings (SSSR count). The van der Waals surface area contributed by atoms with Crippen LogP contribution in [0.25, 0.3) is 10.9 Å². The zero-order valence-corrected chi connectivity index (χ0v) is 18.4. The highest BCUT2D eigenvalue weighted by Gasteiger charge is 2.60. The highest BCUT2D eigenvalue weighted by molar-refractivity contribution is 9.10. The first kappa shape index (κ1) is 19.7. The van der Waals surface area contributed by atoms with Crippen molar-refractivity contribution in [1.29, 1.82) is 0 Å². The Kier molecular flexibility index (Phi) is 4.74. The Morgan fingerprint density at radius 3 is 2.29 bits per heavy atom. The van der Waals surface area contributed by atoms with Gasteiger partial charge in [0, 0.05) is 15.3 Å². The number of nitrogens with zero attached hydrogens (tertiary/aromatic N) is 2. The number of azo groups is 1. The number of aromatic hydroxyl groups is 1. The number of benzene rings is 3. The minimum Gasteiger partial charge on any atom is -0.493 e. The Balaban J connectivity index is 1.49. The monoisotopic (exact) mass is 473 g/mol. The van der Waals surface area contributed by atoms with Gasteiger partial charge >= 0.3 is 0 Å². The van der Waals surface area contributed by atoms with Gasteiger partial charge in [-0.2, -0.15) is 0 Å². The van der Waals surface area contributed by atoms with Gasteiger partial charge in [0.15, 0.2) is 5.69 Å². The molecule has 154 valence electrons. The molecular weight excluding hydrogens is 454 g/mol. The molecule has 1 atom stereocenters. The lowest BCUT2D eigenvalue weighted by Gasteiger charge is -2.17. The van der Waals surface area contributed by atoms with Gasteiger partial charge < -0.3 is 10.1 Å². The van der Waals surface area contributed by atoms with Crippen LogP contribution >= 0.6 is 15.9 Å². The van der Waals surface area contributed by atoms with Gasteiger partial charge in [0.2, 0.25) is 5.88 Å². The predicted octanol–water partition coefficient (Wildman–Crippen LogP) is 6.56. The van der Waals surface area contributed by atoms with Crippen molar-refractivity contribution < 1.29 is 9.90 Å². The predicted molar refractivity (Wildman–Crippen MR) is 124 cm³/mol. The van der Waals surface area contributed by atoms with Crippen molar-refractivity contribution in [2.45, 2.75) is 18.8 Å². The quantitative estimate of drug-likeness (QED) is 0.329. The molecule has 0 spiro atoms. The van der Waals surface area contributed by atoms with E-state index in [1.165, 1.54) is 0 Å². The maximum absolute atomic E-state index is 13.1. The van der Waals surface area contributed by atoms with Gasteiger partial charge in [-0.05, 0) is 42.2 Å². The zero-order chi connectivity index (χ0) is 21.6. The van der Waals surface area contributed by atoms with Gasteiger partial charge in [0.1, 0.15) is 0 Å². The highest BCUT2D eigenvalue weighted by Crippen LogP contribution is 2.59. The van der Waals surface area contributed by atoms with E-state index in [0.29, 0.717) is 6.42 Å². The molecule has 1 amide bonds. The molecule has 1 saturated carbocycles. The molecule has 1 unspecified atom stereocenters. The van der Waals surface area contributed by atoms with Crippen LogP contribution in [-0.2, 0) is 10.2 Å². The third kappa shape index (κ3) is 3.27. The lowest BCUT2D eigenvalue weighted by atomic mass is 9.85. The van der Waals surface area contributed by atoms with Crippen LogP contribution in [0, 0.1) is 12.8 Å². The number of aryl methyl sites for hydroxylation is 1. The molecule has 1 aliphatic carbocycles. The molecule has 1 fully saturated rings. The number of hydrogen-bond acceptors (Lipinski definition) is 3. The third-order valence-electron chi connectivity index (χ3n) is 6.12. The minimum absolute atomic E-state index is 0.0998. The number of H-pyrrole nitrogens is 1. The lowest BCUT2D eigenvalue weighted by molar-refractivity contribution is -0.119. The molecule has 0 saturated heterocycles. The number of carbonyl (C=O) groups is 1. The summed E-state index contributed by atoms with van der Waals surface area (Å²) in [5.74, 6) is -0.670. The van der Waals surface area contributed by atoms with Crippen LogP contribution in [0.4, 0.5) is 5.69 Å². The topological polar surface area (TPSA) is 77.8 Å². The Morgan fingerprint density at radius 2 is 1.68 bits per heavy atom. The second kappa shape index (κ2) is 7.46. The Labute approximate surface area is 188 Å². The number of aromatic amines is 1. The molecule has 5 nitrogen and oxygen atoms in total. The standard InChI is InChI=1S/C25H20BrN3O2/c1-15-12-18-21(13-20(15)26)27-24(31)22(18)28-29-23(30)19-14-25(19,16-8-4-2-5-9-16)17-10-6-3-7-11-17/h2-13,19,27,31H,14H2,1H3. The second-order valence-corrected chi connectivity index (χ2v) is 8.82. The molecule has 0 bridgehead atoms. The van der Waals surface area contributed by atoms with Crippen LogP contribution in [0.1, 0.15) is 23.1 Å². The summed E-state index contributed by atoms with van der Waals surface area (Å²) in [7, 11) is 0. The smallest absolute Gasteiger partial charge is 0.269 e. The van der Waals surface area contributed by atoms with E-state index in [-0.39, 0.29) is 28.8 Å². The van der Waals surface area contributed by atoms with Crippen LogP contribution < -0.4 is 0 Å². The fourth-order valence-corrected chi connectivity index (χ4v) is 4.75. The van der Waals surface area contributed by atoms with Gasteiger partial charge in [0.05, 0.1) is 11.4 Å². The molecule has 6 heteroatoms. The summed E-state index contributed by atoms with van der Waals surface area (Å²) < 4.78 is 0.925. The first-order valence-corrected chi connectivity index (χ1v) is 10.9. The molecule has 2 N–H and O–H groups in total. The fourth-order valence-electron chi connectivity index (χ4n) is 4.40. The van der Waals surface area contributed by atoms with E-state index in [9.17, 15) is 9.90 Å². The summed E-state index contributed by atoms with van der Waals surface area (Å²) in [4.78, 5) is 16.0. The maximum Gasteiger partial charge on any atom is 0.269 e. The lowest BCUT2D eigenvalue weighted by Crippen LogP contribution is -2.16.